The molecule has 70 heavy (non-hydrogen) atoms. The van der Waals surface area contributed by atoms with E-state index in [0.29, 0.717) is 62.3 Å². The number of anilines is 2. The smallest absolute Gasteiger partial charge is 0.280 e. The van der Waals surface area contributed by atoms with E-state index >= 15 is 0 Å². The number of carbonyl (C=O) groups excluding carboxylic acids is 5. The Hall–Kier alpha value is -5.77. The van der Waals surface area contributed by atoms with E-state index < -0.39 is 23.4 Å². The Morgan fingerprint density at radius 3 is 1.67 bits per heavy atom. The largest absolute Gasteiger partial charge is 0.379 e. The second kappa shape index (κ2) is 33.7. The topological polar surface area (TPSA) is 268 Å². The first-order valence-electron chi connectivity index (χ1n) is 25.0. The maximum atomic E-state index is 13.5. The molecule has 3 rings (SSSR count). The first-order chi connectivity index (χ1) is 33.6. The fourth-order valence-corrected chi connectivity index (χ4v) is 7.46. The van der Waals surface area contributed by atoms with Crippen molar-refractivity contribution in [3.63, 3.8) is 0 Å². The lowest BCUT2D eigenvalue weighted by Gasteiger charge is -2.19. The molecule has 2 aromatic heterocycles. The van der Waals surface area contributed by atoms with Crippen molar-refractivity contribution in [3.05, 3.63) is 52.1 Å². The molecule has 0 fully saturated rings. The maximum absolute atomic E-state index is 13.5. The van der Waals surface area contributed by atoms with Gasteiger partial charge in [0.25, 0.3) is 11.5 Å². The monoisotopic (exact) mass is 978 g/mol. The molecule has 0 spiro atoms. The first-order valence-corrected chi connectivity index (χ1v) is 25.0. The Labute approximate surface area is 414 Å². The molecule has 0 radical (unpaired) electrons. The number of benzene rings is 1. The summed E-state index contributed by atoms with van der Waals surface area (Å²) in [4.78, 5) is 101. The average molecular weight is 978 g/mol. The number of nitrogen functional groups attached to an aromatic ring is 1. The number of unbranched alkanes of at least 4 members (excludes halogenated alkanes) is 4. The van der Waals surface area contributed by atoms with E-state index in [1.165, 1.54) is 6.20 Å². The van der Waals surface area contributed by atoms with Crippen LogP contribution in [0.3, 0.4) is 0 Å². The molecule has 0 aliphatic carbocycles. The summed E-state index contributed by atoms with van der Waals surface area (Å²) in [5.41, 5.74) is 6.74. The van der Waals surface area contributed by atoms with E-state index in [-0.39, 0.29) is 60.8 Å². The zero-order valence-corrected chi connectivity index (χ0v) is 42.8. The number of hydrogen-bond acceptors (Lipinski definition) is 15. The lowest BCUT2D eigenvalue weighted by Crippen LogP contribution is -2.47. The molecule has 0 aliphatic rings. The van der Waals surface area contributed by atoms with Crippen molar-refractivity contribution in [2.24, 2.45) is 0 Å². The van der Waals surface area contributed by atoms with Gasteiger partial charge in [-0.1, -0.05) is 12.8 Å². The molecule has 0 saturated carbocycles. The van der Waals surface area contributed by atoms with Gasteiger partial charge in [0, 0.05) is 56.7 Å². The summed E-state index contributed by atoms with van der Waals surface area (Å²) in [5.74, 6) is -1.30. The van der Waals surface area contributed by atoms with Gasteiger partial charge in [-0.25, -0.2) is 9.97 Å². The second-order valence-corrected chi connectivity index (χ2v) is 18.6. The number of nitrogens with zero attached hydrogens (tertiary/aromatic N) is 7. The fourth-order valence-electron chi connectivity index (χ4n) is 7.46. The Morgan fingerprint density at radius 2 is 1.13 bits per heavy atom. The number of H-pyrrole nitrogens is 1. The zero-order chi connectivity index (χ0) is 51.1. The summed E-state index contributed by atoms with van der Waals surface area (Å²) in [6, 6.07) is 5.58. The maximum Gasteiger partial charge on any atom is 0.280 e. The van der Waals surface area contributed by atoms with Crippen molar-refractivity contribution in [2.45, 2.75) is 102 Å². The fraction of sp³-hybridized carbons (Fsp3) is 0.653. The lowest BCUT2D eigenvalue weighted by molar-refractivity contribution is -0.124. The Morgan fingerprint density at radius 1 is 0.614 bits per heavy atom. The van der Waals surface area contributed by atoms with E-state index in [1.807, 2.05) is 0 Å². The van der Waals surface area contributed by atoms with Crippen molar-refractivity contribution in [2.75, 3.05) is 119 Å². The van der Waals surface area contributed by atoms with Crippen LogP contribution in [0.2, 0.25) is 0 Å². The summed E-state index contributed by atoms with van der Waals surface area (Å²) in [6.07, 6.45) is 11.4. The van der Waals surface area contributed by atoms with Crippen LogP contribution in [-0.4, -0.2) is 183 Å². The van der Waals surface area contributed by atoms with Crippen LogP contribution in [0.4, 0.5) is 11.6 Å². The van der Waals surface area contributed by atoms with E-state index in [0.717, 1.165) is 90.6 Å². The SMILES string of the molecule is CN(C)CCCN(C)CCCCCC(=O)NCCCNC(=O)CCC(NC(=O)c1ccc(NCc2cnc3nc(N)[nH]c(=O)c3n2)cc1)C(=O)NCCCNC(=O)CCCCCN(C)CCCN(C)C. The van der Waals surface area contributed by atoms with Gasteiger partial charge in [-0.05, 0) is 164 Å². The van der Waals surface area contributed by atoms with Crippen LogP contribution in [0.1, 0.15) is 106 Å². The molecule has 0 saturated heterocycles. The number of rotatable bonds is 37. The van der Waals surface area contributed by atoms with E-state index in [2.05, 4.69) is 114 Å². The predicted molar refractivity (Wildman–Crippen MR) is 276 cm³/mol. The highest BCUT2D eigenvalue weighted by Crippen LogP contribution is 2.13. The van der Waals surface area contributed by atoms with E-state index in [1.54, 1.807) is 24.3 Å². The van der Waals surface area contributed by atoms with Crippen LogP contribution < -0.4 is 43.2 Å². The number of amides is 5. The quantitative estimate of drug-likeness (QED) is 0.0384. The number of carbonyl (C=O) groups is 5. The van der Waals surface area contributed by atoms with Crippen LogP contribution in [0, 0.1) is 0 Å². The minimum atomic E-state index is -1.01. The first kappa shape index (κ1) is 58.5. The van der Waals surface area contributed by atoms with Gasteiger partial charge in [0.05, 0.1) is 18.4 Å². The number of aromatic nitrogens is 4. The molecule has 1 atom stereocenters. The van der Waals surface area contributed by atoms with Gasteiger partial charge in [-0.15, -0.1) is 0 Å². The highest BCUT2D eigenvalue weighted by molar-refractivity contribution is 5.98. The third-order valence-electron chi connectivity index (χ3n) is 11.5. The van der Waals surface area contributed by atoms with Crippen molar-refractivity contribution < 1.29 is 24.0 Å². The molecule has 21 nitrogen and oxygen atoms in total. The normalized spacial score (nSPS) is 11.9. The molecule has 0 aliphatic heterocycles. The molecule has 3 aromatic rings. The molecule has 390 valence electrons. The van der Waals surface area contributed by atoms with Crippen molar-refractivity contribution in [1.29, 1.82) is 0 Å². The second-order valence-electron chi connectivity index (χ2n) is 18.6. The van der Waals surface area contributed by atoms with Gasteiger partial charge in [-0.3, -0.25) is 33.8 Å². The zero-order valence-electron chi connectivity index (χ0n) is 42.8. The Kier molecular flexibility index (Phi) is 28.2. The van der Waals surface area contributed by atoms with Crippen molar-refractivity contribution in [3.8, 4) is 0 Å². The standard InChI is InChI=1S/C49H83N15O6/c1-61(2)29-15-33-63(5)31-11-7-9-17-41(65)51-25-13-26-53-43(67)24-23-40(47(69)54-28-14-27-52-42(66)18-10-8-12-32-64(6)34-16-30-62(3)4)58-46(68)37-19-21-38(22-20-37)55-35-39-36-56-45-44(57-39)48(70)60-49(50)59-45/h19-22,36,40,55H,7-18,23-35H2,1-6H3,(H,51,65)(H,52,66)(H,53,67)(H,54,69)(H,58,68)(H3,50,56,59,60,70). The summed E-state index contributed by atoms with van der Waals surface area (Å²) in [7, 11) is 12.6. The van der Waals surface area contributed by atoms with E-state index in [9.17, 15) is 28.8 Å². The van der Waals surface area contributed by atoms with Crippen LogP contribution in [0.15, 0.2) is 35.3 Å². The summed E-state index contributed by atoms with van der Waals surface area (Å²) in [5, 5.41) is 17.5. The summed E-state index contributed by atoms with van der Waals surface area (Å²) >= 11 is 0. The van der Waals surface area contributed by atoms with E-state index in [4.69, 9.17) is 5.73 Å². The molecule has 0 bridgehead atoms. The number of aromatic amines is 1. The van der Waals surface area contributed by atoms with Gasteiger partial charge >= 0.3 is 0 Å². The number of hydrogen-bond donors (Lipinski definition) is 8. The lowest BCUT2D eigenvalue weighted by atomic mass is 10.1. The molecule has 1 unspecified atom stereocenters. The number of nitrogens with two attached hydrogens (primary N) is 1. The summed E-state index contributed by atoms with van der Waals surface area (Å²) < 4.78 is 0. The molecular weight excluding hydrogens is 895 g/mol. The minimum absolute atomic E-state index is 0.000895. The molecule has 5 amide bonds. The third kappa shape index (κ3) is 25.7. The molecule has 2 heterocycles. The highest BCUT2D eigenvalue weighted by atomic mass is 16.2. The van der Waals surface area contributed by atoms with Gasteiger partial charge in [0.2, 0.25) is 29.6 Å². The third-order valence-corrected chi connectivity index (χ3v) is 11.5. The van der Waals surface area contributed by atoms with Crippen LogP contribution >= 0.6 is 0 Å². The molecule has 21 heteroatoms. The minimum Gasteiger partial charge on any atom is -0.379 e. The summed E-state index contributed by atoms with van der Waals surface area (Å²) in [6.45, 7) is 7.95. The predicted octanol–water partition coefficient (Wildman–Crippen LogP) is 1.92. The van der Waals surface area contributed by atoms with Gasteiger partial charge < -0.3 is 57.2 Å². The van der Waals surface area contributed by atoms with Gasteiger partial charge in [0.15, 0.2) is 11.2 Å². The van der Waals surface area contributed by atoms with Crippen molar-refractivity contribution >= 4 is 52.3 Å². The number of fused-ring (bicyclic) bond motifs is 1. The molecular formula is C49H83N15O6. The Bertz CT molecular complexity index is 2080. The average Bonchev–Trinajstić information content (AvgIpc) is 3.31. The highest BCUT2D eigenvalue weighted by Gasteiger charge is 2.22. The van der Waals surface area contributed by atoms with Gasteiger partial charge in [0.1, 0.15) is 6.04 Å². The molecule has 9 N–H and O–H groups in total. The van der Waals surface area contributed by atoms with Crippen LogP contribution in [0.25, 0.3) is 11.2 Å². The van der Waals surface area contributed by atoms with Crippen molar-refractivity contribution in [1.82, 2.24) is 66.1 Å². The molecule has 1 aromatic carbocycles. The Balaban J connectivity index is 1.42. The van der Waals surface area contributed by atoms with Crippen LogP contribution in [-0.2, 0) is 25.7 Å². The number of nitrogens with one attached hydrogen (secondary N) is 7. The van der Waals surface area contributed by atoms with Gasteiger partial charge in [-0.2, -0.15) is 4.98 Å². The van der Waals surface area contributed by atoms with Crippen LogP contribution in [0.5, 0.6) is 0 Å².